The second-order valence-electron chi connectivity index (χ2n) is 6.98. The molecular formula is C19H25FN4O4. The molecule has 2 N–H and O–H groups in total. The summed E-state index contributed by atoms with van der Waals surface area (Å²) in [5.74, 6) is 0.785. The average molecular weight is 392 g/mol. The Hall–Kier alpha value is -2.52. The maximum Gasteiger partial charge on any atom is 0.256 e. The van der Waals surface area contributed by atoms with Crippen LogP contribution in [-0.4, -0.2) is 58.4 Å². The van der Waals surface area contributed by atoms with Crippen LogP contribution in [0.15, 0.2) is 22.7 Å². The molecule has 2 heterocycles. The fourth-order valence-electron chi connectivity index (χ4n) is 3.32. The average Bonchev–Trinajstić information content (AvgIpc) is 3.10. The van der Waals surface area contributed by atoms with Crippen LogP contribution in [0.3, 0.4) is 0 Å². The minimum Gasteiger partial charge on any atom is -0.497 e. The summed E-state index contributed by atoms with van der Waals surface area (Å²) in [6.07, 6.45) is 1.52. The Kier molecular flexibility index (Phi) is 6.25. The second kappa shape index (κ2) is 8.66. The smallest absolute Gasteiger partial charge is 0.256 e. The Balaban J connectivity index is 1.57. The van der Waals surface area contributed by atoms with Crippen LogP contribution in [0.25, 0.3) is 0 Å². The number of methoxy groups -OCH3 is 1. The lowest BCUT2D eigenvalue weighted by molar-refractivity contribution is -0.157. The number of aromatic nitrogens is 2. The highest BCUT2D eigenvalue weighted by Gasteiger charge is 2.41. The van der Waals surface area contributed by atoms with Gasteiger partial charge in [0.15, 0.2) is 11.4 Å². The van der Waals surface area contributed by atoms with Gasteiger partial charge in [0.25, 0.3) is 5.91 Å². The first kappa shape index (κ1) is 20.2. The van der Waals surface area contributed by atoms with Gasteiger partial charge in [-0.15, -0.1) is 0 Å². The standard InChI is InChI=1S/C19H25FN4O4/c1-13-22-17(23-28-13)6-8-21-12-19(26)7-3-9-24(18(19)25)11-14-10-15(27-2)4-5-16(14)20/h4-5,10,21,26H,3,6-9,11-12H2,1-2H3. The molecule has 1 aromatic heterocycles. The van der Waals surface area contributed by atoms with Crippen LogP contribution < -0.4 is 10.1 Å². The van der Waals surface area contributed by atoms with Crippen LogP contribution >= 0.6 is 0 Å². The van der Waals surface area contributed by atoms with Crippen molar-refractivity contribution in [3.05, 3.63) is 41.3 Å². The molecule has 3 rings (SSSR count). The molecule has 1 amide bonds. The molecule has 0 radical (unpaired) electrons. The van der Waals surface area contributed by atoms with Crippen molar-refractivity contribution in [2.45, 2.75) is 38.3 Å². The van der Waals surface area contributed by atoms with Gasteiger partial charge in [0.1, 0.15) is 11.6 Å². The molecule has 1 unspecified atom stereocenters. The number of ether oxygens (including phenoxy) is 1. The molecule has 1 fully saturated rings. The van der Waals surface area contributed by atoms with E-state index in [1.807, 2.05) is 0 Å². The van der Waals surface area contributed by atoms with Crippen molar-refractivity contribution in [1.82, 2.24) is 20.4 Å². The zero-order valence-corrected chi connectivity index (χ0v) is 16.1. The van der Waals surface area contributed by atoms with Crippen molar-refractivity contribution >= 4 is 5.91 Å². The number of hydrogen-bond donors (Lipinski definition) is 2. The van der Waals surface area contributed by atoms with Gasteiger partial charge in [-0.3, -0.25) is 4.79 Å². The van der Waals surface area contributed by atoms with E-state index in [0.717, 1.165) is 0 Å². The topological polar surface area (TPSA) is 101 Å². The zero-order valence-electron chi connectivity index (χ0n) is 16.1. The third-order valence-electron chi connectivity index (χ3n) is 4.83. The molecule has 152 valence electrons. The van der Waals surface area contributed by atoms with Crippen LogP contribution in [0.4, 0.5) is 4.39 Å². The number of benzene rings is 1. The summed E-state index contributed by atoms with van der Waals surface area (Å²) in [4.78, 5) is 18.4. The summed E-state index contributed by atoms with van der Waals surface area (Å²) in [7, 11) is 1.50. The summed E-state index contributed by atoms with van der Waals surface area (Å²) in [6.45, 7) is 2.89. The number of rotatable bonds is 8. The quantitative estimate of drug-likeness (QED) is 0.651. The Morgan fingerprint density at radius 2 is 2.29 bits per heavy atom. The van der Waals surface area contributed by atoms with Crippen LogP contribution in [-0.2, 0) is 17.8 Å². The monoisotopic (exact) mass is 392 g/mol. The number of aryl methyl sites for hydroxylation is 1. The molecule has 28 heavy (non-hydrogen) atoms. The van der Waals surface area contributed by atoms with Crippen molar-refractivity contribution in [3.63, 3.8) is 0 Å². The molecule has 1 aromatic carbocycles. The maximum absolute atomic E-state index is 14.1. The number of halogens is 1. The minimum atomic E-state index is -1.51. The van der Waals surface area contributed by atoms with E-state index in [9.17, 15) is 14.3 Å². The third-order valence-corrected chi connectivity index (χ3v) is 4.83. The SMILES string of the molecule is COc1ccc(F)c(CN2CCCC(O)(CNCCc3noc(C)n3)C2=O)c1. The number of nitrogens with zero attached hydrogens (tertiary/aromatic N) is 3. The van der Waals surface area contributed by atoms with E-state index in [1.165, 1.54) is 24.1 Å². The molecule has 9 heteroatoms. The first-order valence-electron chi connectivity index (χ1n) is 9.25. The molecular weight excluding hydrogens is 367 g/mol. The number of hydrogen-bond acceptors (Lipinski definition) is 7. The number of aliphatic hydroxyl groups is 1. The van der Waals surface area contributed by atoms with Gasteiger partial charge < -0.3 is 24.6 Å². The largest absolute Gasteiger partial charge is 0.497 e. The first-order chi connectivity index (χ1) is 13.4. The maximum atomic E-state index is 14.1. The van der Waals surface area contributed by atoms with Gasteiger partial charge in [-0.1, -0.05) is 5.16 Å². The number of carbonyl (C=O) groups is 1. The summed E-state index contributed by atoms with van der Waals surface area (Å²) in [5.41, 5.74) is -1.15. The van der Waals surface area contributed by atoms with Gasteiger partial charge in [0.05, 0.1) is 7.11 Å². The predicted molar refractivity (Wildman–Crippen MR) is 98.2 cm³/mol. The molecule has 1 aliphatic heterocycles. The normalized spacial score (nSPS) is 19.9. The van der Waals surface area contributed by atoms with Gasteiger partial charge in [0, 0.05) is 45.1 Å². The number of amides is 1. The van der Waals surface area contributed by atoms with Crippen molar-refractivity contribution in [3.8, 4) is 5.75 Å². The van der Waals surface area contributed by atoms with Crippen molar-refractivity contribution in [1.29, 1.82) is 0 Å². The van der Waals surface area contributed by atoms with E-state index in [4.69, 9.17) is 9.26 Å². The number of carbonyl (C=O) groups excluding carboxylic acids is 1. The molecule has 0 bridgehead atoms. The highest BCUT2D eigenvalue weighted by Crippen LogP contribution is 2.25. The van der Waals surface area contributed by atoms with Crippen molar-refractivity contribution in [2.75, 3.05) is 26.7 Å². The van der Waals surface area contributed by atoms with E-state index in [1.54, 1.807) is 13.0 Å². The molecule has 0 saturated carbocycles. The van der Waals surface area contributed by atoms with E-state index in [0.29, 0.717) is 55.4 Å². The van der Waals surface area contributed by atoms with Gasteiger partial charge in [-0.2, -0.15) is 4.98 Å². The van der Waals surface area contributed by atoms with Crippen LogP contribution in [0, 0.1) is 12.7 Å². The second-order valence-corrected chi connectivity index (χ2v) is 6.98. The fourth-order valence-corrected chi connectivity index (χ4v) is 3.32. The van der Waals surface area contributed by atoms with E-state index in [-0.39, 0.29) is 13.1 Å². The highest BCUT2D eigenvalue weighted by atomic mass is 19.1. The van der Waals surface area contributed by atoms with Crippen molar-refractivity contribution in [2.24, 2.45) is 0 Å². The van der Waals surface area contributed by atoms with Crippen LogP contribution in [0.2, 0.25) is 0 Å². The van der Waals surface area contributed by atoms with E-state index >= 15 is 0 Å². The molecule has 8 nitrogen and oxygen atoms in total. The first-order valence-corrected chi connectivity index (χ1v) is 9.25. The van der Waals surface area contributed by atoms with E-state index < -0.39 is 17.3 Å². The highest BCUT2D eigenvalue weighted by molar-refractivity contribution is 5.86. The fraction of sp³-hybridized carbons (Fsp3) is 0.526. The lowest BCUT2D eigenvalue weighted by Crippen LogP contribution is -2.57. The Labute approximate surface area is 162 Å². The lowest BCUT2D eigenvalue weighted by atomic mass is 9.91. The molecule has 0 aliphatic carbocycles. The van der Waals surface area contributed by atoms with Gasteiger partial charge in [0.2, 0.25) is 5.89 Å². The van der Waals surface area contributed by atoms with Gasteiger partial charge >= 0.3 is 0 Å². The predicted octanol–water partition coefficient (Wildman–Crippen LogP) is 1.21. The zero-order chi connectivity index (χ0) is 20.1. The summed E-state index contributed by atoms with van der Waals surface area (Å²) in [5, 5.41) is 17.7. The van der Waals surface area contributed by atoms with Crippen molar-refractivity contribution < 1.29 is 23.6 Å². The van der Waals surface area contributed by atoms with E-state index in [2.05, 4.69) is 15.5 Å². The van der Waals surface area contributed by atoms with Gasteiger partial charge in [-0.05, 0) is 31.0 Å². The Bertz CT molecular complexity index is 828. The van der Waals surface area contributed by atoms with Crippen LogP contribution in [0.1, 0.15) is 30.1 Å². The number of likely N-dealkylation sites (tertiary alicyclic amines) is 1. The molecule has 1 atom stereocenters. The Morgan fingerprint density at radius 3 is 3.00 bits per heavy atom. The minimum absolute atomic E-state index is 0.0896. The summed E-state index contributed by atoms with van der Waals surface area (Å²) >= 11 is 0. The molecule has 1 saturated heterocycles. The number of piperidine rings is 1. The molecule has 2 aromatic rings. The lowest BCUT2D eigenvalue weighted by Gasteiger charge is -2.38. The molecule has 1 aliphatic rings. The van der Waals surface area contributed by atoms with Crippen LogP contribution in [0.5, 0.6) is 5.75 Å². The molecule has 0 spiro atoms. The summed E-state index contributed by atoms with van der Waals surface area (Å²) in [6, 6.07) is 4.42. The van der Waals surface area contributed by atoms with Gasteiger partial charge in [-0.25, -0.2) is 4.39 Å². The Morgan fingerprint density at radius 1 is 1.46 bits per heavy atom. The summed E-state index contributed by atoms with van der Waals surface area (Å²) < 4.78 is 24.1. The number of nitrogens with one attached hydrogen (secondary N) is 1. The third kappa shape index (κ3) is 4.66.